The van der Waals surface area contributed by atoms with Gasteiger partial charge in [0.15, 0.2) is 0 Å². The van der Waals surface area contributed by atoms with Crippen molar-refractivity contribution in [3.05, 3.63) is 18.1 Å². The van der Waals surface area contributed by atoms with E-state index in [0.717, 1.165) is 0 Å². The summed E-state index contributed by atoms with van der Waals surface area (Å²) < 4.78 is 4.92. The minimum absolute atomic E-state index is 0.209. The van der Waals surface area contributed by atoms with E-state index >= 15 is 0 Å². The molecule has 6 nitrogen and oxygen atoms in total. The molecule has 1 aromatic rings. The Morgan fingerprint density at radius 3 is 2.72 bits per heavy atom. The van der Waals surface area contributed by atoms with Gasteiger partial charge in [0.1, 0.15) is 17.8 Å². The topological polar surface area (TPSA) is 76.1 Å². The smallest absolute Gasteiger partial charge is 0.270 e. The van der Waals surface area contributed by atoms with Gasteiger partial charge in [0.25, 0.3) is 5.91 Å². The van der Waals surface area contributed by atoms with E-state index in [1.54, 1.807) is 13.2 Å². The van der Waals surface area contributed by atoms with Gasteiger partial charge < -0.3 is 15.4 Å². The Hall–Kier alpha value is -1.69. The van der Waals surface area contributed by atoms with Crippen LogP contribution in [0.5, 0.6) is 0 Å². The van der Waals surface area contributed by atoms with Crippen LogP contribution in [-0.2, 0) is 4.74 Å². The Morgan fingerprint density at radius 2 is 2.11 bits per heavy atom. The summed E-state index contributed by atoms with van der Waals surface area (Å²) in [5.41, 5.74) is 0.0610. The average molecular weight is 252 g/mol. The standard InChI is InChI=1S/C12H20N4O2/c1-12(2,3)16-11(17)9-7-10(15-8-14-9)13-5-6-18-4/h7-8H,5-6H2,1-4H3,(H,16,17)(H,13,14,15). The van der Waals surface area contributed by atoms with Crippen molar-refractivity contribution in [1.82, 2.24) is 15.3 Å². The van der Waals surface area contributed by atoms with E-state index in [1.807, 2.05) is 20.8 Å². The summed E-state index contributed by atoms with van der Waals surface area (Å²) in [7, 11) is 1.63. The van der Waals surface area contributed by atoms with Crippen LogP contribution in [0.25, 0.3) is 0 Å². The summed E-state index contributed by atoms with van der Waals surface area (Å²) in [5.74, 6) is 0.404. The highest BCUT2D eigenvalue weighted by atomic mass is 16.5. The van der Waals surface area contributed by atoms with Crippen LogP contribution in [0.15, 0.2) is 12.4 Å². The van der Waals surface area contributed by atoms with Crippen molar-refractivity contribution in [1.29, 1.82) is 0 Å². The third-order valence-electron chi connectivity index (χ3n) is 2.00. The molecule has 0 radical (unpaired) electrons. The lowest BCUT2D eigenvalue weighted by molar-refractivity contribution is 0.0914. The number of carbonyl (C=O) groups is 1. The third kappa shape index (κ3) is 5.09. The van der Waals surface area contributed by atoms with Gasteiger partial charge in [-0.2, -0.15) is 0 Å². The second-order valence-electron chi connectivity index (χ2n) is 4.91. The zero-order valence-corrected chi connectivity index (χ0v) is 11.3. The molecular weight excluding hydrogens is 232 g/mol. The molecule has 0 spiro atoms. The number of rotatable bonds is 5. The van der Waals surface area contributed by atoms with Crippen molar-refractivity contribution in [2.75, 3.05) is 25.6 Å². The lowest BCUT2D eigenvalue weighted by Gasteiger charge is -2.20. The van der Waals surface area contributed by atoms with Crippen LogP contribution in [0.3, 0.4) is 0 Å². The maximum atomic E-state index is 11.9. The van der Waals surface area contributed by atoms with E-state index in [2.05, 4.69) is 20.6 Å². The molecule has 0 unspecified atom stereocenters. The monoisotopic (exact) mass is 252 g/mol. The van der Waals surface area contributed by atoms with Crippen LogP contribution in [0.1, 0.15) is 31.3 Å². The fourth-order valence-electron chi connectivity index (χ4n) is 1.26. The van der Waals surface area contributed by atoms with Crippen LogP contribution in [0.4, 0.5) is 5.82 Å². The van der Waals surface area contributed by atoms with Crippen LogP contribution >= 0.6 is 0 Å². The molecule has 0 saturated heterocycles. The van der Waals surface area contributed by atoms with E-state index in [4.69, 9.17) is 4.74 Å². The number of ether oxygens (including phenoxy) is 1. The fourth-order valence-corrected chi connectivity index (χ4v) is 1.26. The predicted octanol–water partition coefficient (Wildman–Crippen LogP) is 1.06. The Kier molecular flexibility index (Phi) is 5.03. The number of anilines is 1. The molecule has 6 heteroatoms. The number of carbonyl (C=O) groups excluding carboxylic acids is 1. The molecule has 0 bridgehead atoms. The first-order valence-corrected chi connectivity index (χ1v) is 5.80. The number of hydrogen-bond donors (Lipinski definition) is 2. The average Bonchev–Trinajstić information content (AvgIpc) is 2.27. The normalized spacial score (nSPS) is 11.1. The molecule has 0 fully saturated rings. The zero-order chi connectivity index (χ0) is 13.6. The maximum absolute atomic E-state index is 11.9. The lowest BCUT2D eigenvalue weighted by atomic mass is 10.1. The molecule has 1 rings (SSSR count). The largest absolute Gasteiger partial charge is 0.383 e. The maximum Gasteiger partial charge on any atom is 0.270 e. The molecule has 2 N–H and O–H groups in total. The van der Waals surface area contributed by atoms with Gasteiger partial charge in [0.05, 0.1) is 6.61 Å². The molecule has 0 aromatic carbocycles. The molecule has 1 heterocycles. The van der Waals surface area contributed by atoms with Gasteiger partial charge in [-0.15, -0.1) is 0 Å². The Labute approximate surface area is 107 Å². The molecule has 0 aliphatic rings. The van der Waals surface area contributed by atoms with Crippen LogP contribution in [0, 0.1) is 0 Å². The van der Waals surface area contributed by atoms with E-state index < -0.39 is 0 Å². The summed E-state index contributed by atoms with van der Waals surface area (Å²) in [6.07, 6.45) is 1.37. The van der Waals surface area contributed by atoms with E-state index in [-0.39, 0.29) is 11.4 Å². The van der Waals surface area contributed by atoms with Crippen LogP contribution in [0.2, 0.25) is 0 Å². The Balaban J connectivity index is 2.66. The van der Waals surface area contributed by atoms with Gasteiger partial charge in [-0.25, -0.2) is 9.97 Å². The van der Waals surface area contributed by atoms with Crippen molar-refractivity contribution in [3.8, 4) is 0 Å². The molecule has 100 valence electrons. The van der Waals surface area contributed by atoms with E-state index in [9.17, 15) is 4.79 Å². The zero-order valence-electron chi connectivity index (χ0n) is 11.3. The second-order valence-corrected chi connectivity index (χ2v) is 4.91. The predicted molar refractivity (Wildman–Crippen MR) is 69.6 cm³/mol. The number of aromatic nitrogens is 2. The summed E-state index contributed by atoms with van der Waals surface area (Å²) in [6, 6.07) is 1.62. The van der Waals surface area contributed by atoms with Crippen molar-refractivity contribution in [2.45, 2.75) is 26.3 Å². The fraction of sp³-hybridized carbons (Fsp3) is 0.583. The highest BCUT2D eigenvalue weighted by molar-refractivity contribution is 5.93. The molecule has 1 amide bonds. The quantitative estimate of drug-likeness (QED) is 0.766. The van der Waals surface area contributed by atoms with Crippen molar-refractivity contribution in [3.63, 3.8) is 0 Å². The molecule has 0 aliphatic carbocycles. The minimum atomic E-state index is -0.286. The number of nitrogens with one attached hydrogen (secondary N) is 2. The summed E-state index contributed by atoms with van der Waals surface area (Å²) in [4.78, 5) is 19.9. The first-order chi connectivity index (χ1) is 8.42. The first-order valence-electron chi connectivity index (χ1n) is 5.80. The number of hydrogen-bond acceptors (Lipinski definition) is 5. The van der Waals surface area contributed by atoms with E-state index in [1.165, 1.54) is 6.33 Å². The summed E-state index contributed by atoms with van der Waals surface area (Å²) in [5, 5.41) is 5.90. The first kappa shape index (κ1) is 14.4. The Morgan fingerprint density at radius 1 is 1.39 bits per heavy atom. The summed E-state index contributed by atoms with van der Waals surface area (Å²) in [6.45, 7) is 6.97. The third-order valence-corrected chi connectivity index (χ3v) is 2.00. The van der Waals surface area contributed by atoms with Gasteiger partial charge in [-0.1, -0.05) is 0 Å². The highest BCUT2D eigenvalue weighted by Gasteiger charge is 2.16. The van der Waals surface area contributed by atoms with Gasteiger partial charge in [0.2, 0.25) is 0 Å². The molecule has 0 atom stereocenters. The number of methoxy groups -OCH3 is 1. The van der Waals surface area contributed by atoms with Crippen LogP contribution < -0.4 is 10.6 Å². The number of amides is 1. The van der Waals surface area contributed by atoms with Gasteiger partial charge in [-0.3, -0.25) is 4.79 Å². The molecule has 0 aliphatic heterocycles. The highest BCUT2D eigenvalue weighted by Crippen LogP contribution is 2.06. The van der Waals surface area contributed by atoms with Gasteiger partial charge in [0, 0.05) is 25.3 Å². The van der Waals surface area contributed by atoms with Gasteiger partial charge in [-0.05, 0) is 20.8 Å². The second kappa shape index (κ2) is 6.30. The van der Waals surface area contributed by atoms with Crippen molar-refractivity contribution in [2.24, 2.45) is 0 Å². The lowest BCUT2D eigenvalue weighted by Crippen LogP contribution is -2.41. The number of nitrogens with zero attached hydrogens (tertiary/aromatic N) is 2. The SMILES string of the molecule is COCCNc1cc(C(=O)NC(C)(C)C)ncn1. The van der Waals surface area contributed by atoms with Crippen molar-refractivity contribution < 1.29 is 9.53 Å². The molecule has 18 heavy (non-hydrogen) atoms. The minimum Gasteiger partial charge on any atom is -0.383 e. The molecule has 0 saturated carbocycles. The molecule has 1 aromatic heterocycles. The van der Waals surface area contributed by atoms with E-state index in [0.29, 0.717) is 24.7 Å². The molecular formula is C12H20N4O2. The summed E-state index contributed by atoms with van der Waals surface area (Å²) >= 11 is 0. The Bertz CT molecular complexity index is 401. The van der Waals surface area contributed by atoms with Crippen molar-refractivity contribution >= 4 is 11.7 Å². The van der Waals surface area contributed by atoms with Gasteiger partial charge >= 0.3 is 0 Å². The van der Waals surface area contributed by atoms with Crippen LogP contribution in [-0.4, -0.2) is 41.7 Å².